The summed E-state index contributed by atoms with van der Waals surface area (Å²) >= 11 is 1.65. The van der Waals surface area contributed by atoms with Gasteiger partial charge < -0.3 is 4.90 Å². The summed E-state index contributed by atoms with van der Waals surface area (Å²) in [6, 6.07) is 0. The van der Waals surface area contributed by atoms with Crippen molar-refractivity contribution in [1.29, 1.82) is 0 Å². The molecule has 0 radical (unpaired) electrons. The molecule has 0 amide bonds. The van der Waals surface area contributed by atoms with Crippen molar-refractivity contribution < 1.29 is 4.92 Å². The van der Waals surface area contributed by atoms with Gasteiger partial charge >= 0.3 is 5.69 Å². The highest BCUT2D eigenvalue weighted by Crippen LogP contribution is 2.24. The van der Waals surface area contributed by atoms with E-state index in [9.17, 15) is 10.1 Å². The van der Waals surface area contributed by atoms with Gasteiger partial charge in [-0.2, -0.15) is 16.7 Å². The summed E-state index contributed by atoms with van der Waals surface area (Å²) in [4.78, 5) is 19.8. The monoisotopic (exact) mass is 258 g/mol. The van der Waals surface area contributed by atoms with Crippen LogP contribution in [0.5, 0.6) is 0 Å². The van der Waals surface area contributed by atoms with Crippen LogP contribution in [0.25, 0.3) is 0 Å². The third-order valence-electron chi connectivity index (χ3n) is 2.07. The maximum Gasteiger partial charge on any atom is 0.329 e. The van der Waals surface area contributed by atoms with Crippen LogP contribution in [0.4, 0.5) is 17.5 Å². The maximum atomic E-state index is 10.8. The number of nitrogens with two attached hydrogens (primary N) is 1. The lowest BCUT2D eigenvalue weighted by Crippen LogP contribution is -2.23. The summed E-state index contributed by atoms with van der Waals surface area (Å²) in [6.07, 6.45) is 3.11. The molecule has 0 saturated carbocycles. The second-order valence-electron chi connectivity index (χ2n) is 3.22. The average Bonchev–Trinajstić information content (AvgIpc) is 2.34. The smallest absolute Gasteiger partial charge is 0.329 e. The van der Waals surface area contributed by atoms with Crippen molar-refractivity contribution in [2.24, 2.45) is 5.84 Å². The number of hydrogen-bond donors (Lipinski definition) is 2. The maximum absolute atomic E-state index is 10.8. The summed E-state index contributed by atoms with van der Waals surface area (Å²) in [5.74, 6) is 6.44. The molecule has 0 bridgehead atoms. The van der Waals surface area contributed by atoms with Crippen molar-refractivity contribution in [1.82, 2.24) is 9.97 Å². The van der Waals surface area contributed by atoms with Crippen LogP contribution in [0.1, 0.15) is 0 Å². The lowest BCUT2D eigenvalue weighted by atomic mass is 10.4. The Hall–Kier alpha value is -1.61. The molecule has 1 aromatic heterocycles. The topological polar surface area (TPSA) is 110 Å². The van der Waals surface area contributed by atoms with Gasteiger partial charge in [0.2, 0.25) is 11.8 Å². The summed E-state index contributed by atoms with van der Waals surface area (Å²) in [5, 5.41) is 10.8. The Morgan fingerprint density at radius 1 is 1.71 bits per heavy atom. The zero-order valence-corrected chi connectivity index (χ0v) is 10.4. The van der Waals surface area contributed by atoms with Gasteiger partial charge in [-0.3, -0.25) is 15.5 Å². The number of aromatic nitrogens is 2. The molecule has 8 nitrogen and oxygen atoms in total. The number of thioether (sulfide) groups is 1. The van der Waals surface area contributed by atoms with Crippen LogP contribution in [-0.4, -0.2) is 40.5 Å². The first kappa shape index (κ1) is 13.5. The van der Waals surface area contributed by atoms with E-state index in [-0.39, 0.29) is 17.5 Å². The third kappa shape index (κ3) is 3.43. The molecule has 0 aliphatic heterocycles. The lowest BCUT2D eigenvalue weighted by Gasteiger charge is -2.17. The van der Waals surface area contributed by atoms with E-state index >= 15 is 0 Å². The molecule has 1 heterocycles. The van der Waals surface area contributed by atoms with E-state index in [2.05, 4.69) is 15.4 Å². The van der Waals surface area contributed by atoms with Gasteiger partial charge in [-0.1, -0.05) is 0 Å². The van der Waals surface area contributed by atoms with Crippen LogP contribution >= 0.6 is 11.8 Å². The minimum Gasteiger partial charge on any atom is -0.353 e. The number of nitrogen functional groups attached to an aromatic ring is 1. The molecule has 0 unspecified atom stereocenters. The fourth-order valence-corrected chi connectivity index (χ4v) is 1.64. The van der Waals surface area contributed by atoms with E-state index in [0.29, 0.717) is 6.54 Å². The summed E-state index contributed by atoms with van der Waals surface area (Å²) < 4.78 is 0. The van der Waals surface area contributed by atoms with Crippen LogP contribution < -0.4 is 16.2 Å². The van der Waals surface area contributed by atoms with Crippen LogP contribution in [0.2, 0.25) is 0 Å². The zero-order valence-electron chi connectivity index (χ0n) is 9.58. The van der Waals surface area contributed by atoms with Gasteiger partial charge in [-0.25, -0.2) is 10.8 Å². The van der Waals surface area contributed by atoms with Gasteiger partial charge in [-0.15, -0.1) is 0 Å². The van der Waals surface area contributed by atoms with E-state index in [0.717, 1.165) is 11.9 Å². The molecular formula is C8H14N6O2S. The van der Waals surface area contributed by atoms with Crippen LogP contribution in [0, 0.1) is 10.1 Å². The first-order valence-corrected chi connectivity index (χ1v) is 6.17. The largest absolute Gasteiger partial charge is 0.353 e. The Bertz CT molecular complexity index is 402. The molecule has 17 heavy (non-hydrogen) atoms. The predicted octanol–water partition coefficient (Wildman–Crippen LogP) is 0.470. The third-order valence-corrected chi connectivity index (χ3v) is 2.66. The number of anilines is 2. The van der Waals surface area contributed by atoms with Crippen LogP contribution in [0.15, 0.2) is 6.20 Å². The molecular weight excluding hydrogens is 244 g/mol. The summed E-state index contributed by atoms with van der Waals surface area (Å²) in [7, 11) is 1.74. The molecule has 0 fully saturated rings. The number of hydrogen-bond acceptors (Lipinski definition) is 8. The molecule has 1 aromatic rings. The van der Waals surface area contributed by atoms with Crippen molar-refractivity contribution in [2.75, 3.05) is 35.9 Å². The van der Waals surface area contributed by atoms with Crippen molar-refractivity contribution in [3.05, 3.63) is 16.3 Å². The van der Waals surface area contributed by atoms with E-state index < -0.39 is 4.92 Å². The van der Waals surface area contributed by atoms with Gasteiger partial charge in [0.05, 0.1) is 4.92 Å². The predicted molar refractivity (Wildman–Crippen MR) is 68.1 cm³/mol. The molecule has 3 N–H and O–H groups in total. The number of nitro groups is 1. The highest BCUT2D eigenvalue weighted by atomic mass is 32.2. The minimum atomic E-state index is -0.509. The van der Waals surface area contributed by atoms with E-state index in [1.54, 1.807) is 23.7 Å². The average molecular weight is 258 g/mol. The molecule has 0 spiro atoms. The van der Waals surface area contributed by atoms with Crippen LogP contribution in [0.3, 0.4) is 0 Å². The zero-order chi connectivity index (χ0) is 12.8. The van der Waals surface area contributed by atoms with Crippen molar-refractivity contribution in [3.8, 4) is 0 Å². The van der Waals surface area contributed by atoms with Gasteiger partial charge in [0, 0.05) is 19.3 Å². The normalized spacial score (nSPS) is 10.1. The van der Waals surface area contributed by atoms with E-state index in [1.165, 1.54) is 0 Å². The second kappa shape index (κ2) is 6.21. The first-order chi connectivity index (χ1) is 8.10. The molecule has 0 atom stereocenters. The highest BCUT2D eigenvalue weighted by Gasteiger charge is 2.20. The Morgan fingerprint density at radius 3 is 2.94 bits per heavy atom. The Kier molecular flexibility index (Phi) is 4.91. The summed E-state index contributed by atoms with van der Waals surface area (Å²) in [5.41, 5.74) is 2.14. The first-order valence-electron chi connectivity index (χ1n) is 4.78. The van der Waals surface area contributed by atoms with Crippen LogP contribution in [-0.2, 0) is 0 Å². The lowest BCUT2D eigenvalue weighted by molar-refractivity contribution is -0.384. The second-order valence-corrected chi connectivity index (χ2v) is 4.20. The van der Waals surface area contributed by atoms with Gasteiger partial charge in [0.1, 0.15) is 6.20 Å². The molecule has 0 aromatic carbocycles. The van der Waals surface area contributed by atoms with Gasteiger partial charge in [-0.05, 0) is 6.26 Å². The Balaban J connectivity index is 3.03. The minimum absolute atomic E-state index is 0.132. The Morgan fingerprint density at radius 2 is 2.41 bits per heavy atom. The number of rotatable bonds is 6. The molecule has 94 valence electrons. The van der Waals surface area contributed by atoms with Gasteiger partial charge in [0.25, 0.3) is 0 Å². The SMILES string of the molecule is CSCCN(C)c1nc(NN)ncc1[N+](=O)[O-]. The van der Waals surface area contributed by atoms with Gasteiger partial charge in [0.15, 0.2) is 0 Å². The fraction of sp³-hybridized carbons (Fsp3) is 0.500. The summed E-state index contributed by atoms with van der Waals surface area (Å²) in [6.45, 7) is 0.656. The quantitative estimate of drug-likeness (QED) is 0.430. The molecule has 0 saturated heterocycles. The number of nitrogens with one attached hydrogen (secondary N) is 1. The Labute approximate surface area is 103 Å². The van der Waals surface area contributed by atoms with E-state index in [4.69, 9.17) is 5.84 Å². The number of nitrogens with zero attached hydrogens (tertiary/aromatic N) is 4. The van der Waals surface area contributed by atoms with E-state index in [1.807, 2.05) is 6.26 Å². The standard InChI is InChI=1S/C8H14N6O2S/c1-13(3-4-17-2)7-6(14(15)16)5-10-8(11-7)12-9/h5H,3-4,9H2,1-2H3,(H,10,11,12). The molecule has 0 aliphatic rings. The number of hydrazine groups is 1. The van der Waals surface area contributed by atoms with Crippen molar-refractivity contribution in [3.63, 3.8) is 0 Å². The van der Waals surface area contributed by atoms with Crippen molar-refractivity contribution in [2.45, 2.75) is 0 Å². The molecule has 0 aliphatic carbocycles. The highest BCUT2D eigenvalue weighted by molar-refractivity contribution is 7.98. The molecule has 1 rings (SSSR count). The fourth-order valence-electron chi connectivity index (χ4n) is 1.18. The van der Waals surface area contributed by atoms with Crippen molar-refractivity contribution >= 4 is 29.2 Å². The molecule has 9 heteroatoms.